The van der Waals surface area contributed by atoms with Crippen LogP contribution in [0.5, 0.6) is 0 Å². The highest BCUT2D eigenvalue weighted by Gasteiger charge is 2.13. The third-order valence-electron chi connectivity index (χ3n) is 4.09. The van der Waals surface area contributed by atoms with Crippen molar-refractivity contribution in [3.05, 3.63) is 62.4 Å². The Morgan fingerprint density at radius 2 is 1.82 bits per heavy atom. The lowest BCUT2D eigenvalue weighted by Gasteiger charge is -2.07. The van der Waals surface area contributed by atoms with Gasteiger partial charge in [-0.25, -0.2) is 0 Å². The molecule has 0 fully saturated rings. The number of ketones is 1. The van der Waals surface area contributed by atoms with E-state index in [4.69, 9.17) is 27.9 Å². The largest absolute Gasteiger partial charge is 0.380 e. The van der Waals surface area contributed by atoms with E-state index in [9.17, 15) is 9.59 Å². The van der Waals surface area contributed by atoms with Gasteiger partial charge in [0.15, 0.2) is 10.6 Å². The van der Waals surface area contributed by atoms with Crippen molar-refractivity contribution < 1.29 is 14.3 Å². The minimum atomic E-state index is -0.394. The van der Waals surface area contributed by atoms with E-state index in [-0.39, 0.29) is 5.78 Å². The fraction of sp³-hybridized carbons (Fsp3) is 0.250. The lowest BCUT2D eigenvalue weighted by molar-refractivity contribution is 0.0990. The molecule has 0 N–H and O–H groups in total. The average Bonchev–Trinajstić information content (AvgIpc) is 2.99. The van der Waals surface area contributed by atoms with Crippen molar-refractivity contribution >= 4 is 56.4 Å². The molecule has 1 heterocycles. The number of halogens is 2. The molecule has 1 aromatic heterocycles. The highest BCUT2D eigenvalue weighted by Crippen LogP contribution is 2.29. The number of nitrogens with zero attached hydrogens (tertiary/aromatic N) is 2. The molecule has 8 heteroatoms. The van der Waals surface area contributed by atoms with Gasteiger partial charge in [-0.15, -0.1) is 0 Å². The second kappa shape index (κ2) is 9.01. The van der Waals surface area contributed by atoms with Crippen LogP contribution in [0.3, 0.4) is 0 Å². The van der Waals surface area contributed by atoms with Gasteiger partial charge in [0.25, 0.3) is 5.91 Å². The van der Waals surface area contributed by atoms with Gasteiger partial charge in [0.1, 0.15) is 0 Å². The molecule has 3 rings (SSSR count). The molecule has 146 valence electrons. The number of rotatable bonds is 6. The van der Waals surface area contributed by atoms with Gasteiger partial charge in [-0.2, -0.15) is 4.99 Å². The van der Waals surface area contributed by atoms with Crippen LogP contribution in [-0.4, -0.2) is 29.5 Å². The van der Waals surface area contributed by atoms with Crippen molar-refractivity contribution in [3.8, 4) is 0 Å². The van der Waals surface area contributed by atoms with Crippen LogP contribution in [0.4, 0.5) is 0 Å². The predicted molar refractivity (Wildman–Crippen MR) is 113 cm³/mol. The van der Waals surface area contributed by atoms with E-state index in [0.717, 1.165) is 10.2 Å². The molecule has 0 aliphatic rings. The number of thiazole rings is 1. The molecule has 0 aliphatic carbocycles. The Labute approximate surface area is 176 Å². The second-order valence-corrected chi connectivity index (χ2v) is 7.87. The summed E-state index contributed by atoms with van der Waals surface area (Å²) in [5, 5.41) is 1.02. The molecule has 0 unspecified atom stereocenters. The molecule has 0 saturated heterocycles. The van der Waals surface area contributed by atoms with Gasteiger partial charge in [0.2, 0.25) is 0 Å². The maximum absolute atomic E-state index is 12.7. The van der Waals surface area contributed by atoms with Gasteiger partial charge in [-0.3, -0.25) is 9.59 Å². The fourth-order valence-electron chi connectivity index (χ4n) is 2.72. The zero-order chi connectivity index (χ0) is 20.3. The first kappa shape index (κ1) is 20.7. The number of benzene rings is 2. The Morgan fingerprint density at radius 3 is 2.46 bits per heavy atom. The predicted octanol–water partition coefficient (Wildman–Crippen LogP) is 4.99. The number of hydrogen-bond acceptors (Lipinski definition) is 4. The van der Waals surface area contributed by atoms with Gasteiger partial charge < -0.3 is 9.30 Å². The summed E-state index contributed by atoms with van der Waals surface area (Å²) in [5.74, 6) is -0.449. The minimum Gasteiger partial charge on any atom is -0.380 e. The number of amides is 1. The fourth-order valence-corrected chi connectivity index (χ4v) is 4.56. The summed E-state index contributed by atoms with van der Waals surface area (Å²) >= 11 is 13.9. The lowest BCUT2D eigenvalue weighted by Crippen LogP contribution is -2.20. The van der Waals surface area contributed by atoms with Gasteiger partial charge >= 0.3 is 0 Å². The molecule has 0 atom stereocenters. The first-order valence-electron chi connectivity index (χ1n) is 8.67. The van der Waals surface area contributed by atoms with E-state index in [1.54, 1.807) is 36.4 Å². The summed E-state index contributed by atoms with van der Waals surface area (Å²) in [6.07, 6.45) is 0. The molecule has 0 radical (unpaired) electrons. The summed E-state index contributed by atoms with van der Waals surface area (Å²) in [6, 6.07) is 9.91. The van der Waals surface area contributed by atoms with Crippen LogP contribution in [-0.2, 0) is 11.3 Å². The SMILES string of the molecule is CCOCCn1c(=NC(=O)c2ccc(C(C)=O)cc2)sc2cc(Cl)cc(Cl)c21. The highest BCUT2D eigenvalue weighted by molar-refractivity contribution is 7.16. The van der Waals surface area contributed by atoms with Crippen LogP contribution in [0.15, 0.2) is 41.4 Å². The van der Waals surface area contributed by atoms with Crippen molar-refractivity contribution in [2.24, 2.45) is 4.99 Å². The van der Waals surface area contributed by atoms with Gasteiger partial charge in [0, 0.05) is 29.3 Å². The molecule has 0 spiro atoms. The summed E-state index contributed by atoms with van der Waals surface area (Å²) < 4.78 is 8.17. The van der Waals surface area contributed by atoms with Crippen LogP contribution in [0.1, 0.15) is 34.6 Å². The van der Waals surface area contributed by atoms with E-state index in [1.807, 2.05) is 11.5 Å². The molecule has 5 nitrogen and oxygen atoms in total. The number of hydrogen-bond donors (Lipinski definition) is 0. The molecule has 3 aromatic rings. The second-order valence-electron chi connectivity index (χ2n) is 6.02. The molecule has 28 heavy (non-hydrogen) atoms. The number of Topliss-reactive ketones (excluding diaryl/α,β-unsaturated/α-hetero) is 1. The quantitative estimate of drug-likeness (QED) is 0.403. The minimum absolute atomic E-state index is 0.0549. The molecular weight excluding hydrogens is 419 g/mol. The standard InChI is InChI=1S/C20H18Cl2N2O3S/c1-3-27-9-8-24-18-16(22)10-15(21)11-17(18)28-20(24)23-19(26)14-6-4-13(5-7-14)12(2)25/h4-7,10-11H,3,8-9H2,1-2H3. The molecule has 1 amide bonds. The summed E-state index contributed by atoms with van der Waals surface area (Å²) in [6.45, 7) is 4.97. The number of ether oxygens (including phenoxy) is 1. The van der Waals surface area contributed by atoms with E-state index in [0.29, 0.717) is 45.7 Å². The third-order valence-corrected chi connectivity index (χ3v) is 5.63. The molecular formula is C20H18Cl2N2O3S. The monoisotopic (exact) mass is 436 g/mol. The van der Waals surface area contributed by atoms with Crippen LogP contribution >= 0.6 is 34.5 Å². The van der Waals surface area contributed by atoms with Gasteiger partial charge in [0.05, 0.1) is 21.8 Å². The van der Waals surface area contributed by atoms with Gasteiger partial charge in [-0.1, -0.05) is 46.7 Å². The molecule has 0 aliphatic heterocycles. The number of carbonyl (C=O) groups is 2. The molecule has 0 saturated carbocycles. The summed E-state index contributed by atoms with van der Waals surface area (Å²) in [7, 11) is 0. The van der Waals surface area contributed by atoms with E-state index < -0.39 is 5.91 Å². The molecule has 2 aromatic carbocycles. The van der Waals surface area contributed by atoms with Crippen molar-refractivity contribution in [2.45, 2.75) is 20.4 Å². The van der Waals surface area contributed by atoms with Crippen LogP contribution in [0, 0.1) is 0 Å². The van der Waals surface area contributed by atoms with Crippen molar-refractivity contribution in [3.63, 3.8) is 0 Å². The van der Waals surface area contributed by atoms with Crippen LogP contribution in [0.2, 0.25) is 10.0 Å². The number of fused-ring (bicyclic) bond motifs is 1. The Kier molecular flexibility index (Phi) is 6.67. The average molecular weight is 437 g/mol. The maximum Gasteiger partial charge on any atom is 0.279 e. The van der Waals surface area contributed by atoms with Crippen molar-refractivity contribution in [2.75, 3.05) is 13.2 Å². The Bertz CT molecular complexity index is 1100. The Balaban J connectivity index is 2.06. The van der Waals surface area contributed by atoms with E-state index in [1.165, 1.54) is 18.3 Å². The topological polar surface area (TPSA) is 60.7 Å². The lowest BCUT2D eigenvalue weighted by atomic mass is 10.1. The Hall–Kier alpha value is -1.99. The third kappa shape index (κ3) is 4.52. The van der Waals surface area contributed by atoms with Crippen molar-refractivity contribution in [1.82, 2.24) is 4.57 Å². The summed E-state index contributed by atoms with van der Waals surface area (Å²) in [5.41, 5.74) is 1.73. The zero-order valence-electron chi connectivity index (χ0n) is 15.4. The maximum atomic E-state index is 12.7. The summed E-state index contributed by atoms with van der Waals surface area (Å²) in [4.78, 5) is 28.9. The first-order valence-corrected chi connectivity index (χ1v) is 10.2. The number of aromatic nitrogens is 1. The molecule has 0 bridgehead atoms. The highest BCUT2D eigenvalue weighted by atomic mass is 35.5. The normalized spacial score (nSPS) is 11.9. The zero-order valence-corrected chi connectivity index (χ0v) is 17.7. The van der Waals surface area contributed by atoms with E-state index in [2.05, 4.69) is 4.99 Å². The Morgan fingerprint density at radius 1 is 1.14 bits per heavy atom. The van der Waals surface area contributed by atoms with Crippen LogP contribution in [0.25, 0.3) is 10.2 Å². The van der Waals surface area contributed by atoms with Crippen LogP contribution < -0.4 is 4.80 Å². The van der Waals surface area contributed by atoms with Gasteiger partial charge in [-0.05, 0) is 38.1 Å². The smallest absolute Gasteiger partial charge is 0.279 e. The first-order chi connectivity index (χ1) is 13.4. The number of carbonyl (C=O) groups excluding carboxylic acids is 2. The van der Waals surface area contributed by atoms with E-state index >= 15 is 0 Å². The van der Waals surface area contributed by atoms with Crippen molar-refractivity contribution in [1.29, 1.82) is 0 Å².